The fraction of sp³-hybridized carbons (Fsp3) is 0.406. The molecule has 1 N–H and O–H groups in total. The smallest absolute Gasteiger partial charge is 0.337 e. The topological polar surface area (TPSA) is 50.8 Å². The van der Waals surface area contributed by atoms with Crippen LogP contribution < -0.4 is 15.0 Å². The lowest BCUT2D eigenvalue weighted by Crippen LogP contribution is -2.25. The van der Waals surface area contributed by atoms with Gasteiger partial charge in [0.1, 0.15) is 5.75 Å². The number of fused-ring (bicyclic) bond motifs is 1. The number of aryl methyl sites for hydroxylation is 1. The van der Waals surface area contributed by atoms with Gasteiger partial charge < -0.3 is 19.7 Å². The maximum atomic E-state index is 12.0. The van der Waals surface area contributed by atoms with Crippen LogP contribution in [0.3, 0.4) is 0 Å². The largest absolute Gasteiger partial charge is 0.497 e. The average Bonchev–Trinajstić information content (AvgIpc) is 2.95. The Labute approximate surface area is 221 Å². The molecule has 37 heavy (non-hydrogen) atoms. The molecular weight excluding hydrogens is 460 g/mol. The second-order valence-corrected chi connectivity index (χ2v) is 9.77. The van der Waals surface area contributed by atoms with E-state index in [-0.39, 0.29) is 5.97 Å². The highest BCUT2D eigenvalue weighted by Crippen LogP contribution is 2.39. The molecule has 0 amide bonds. The van der Waals surface area contributed by atoms with Gasteiger partial charge in [-0.25, -0.2) is 4.79 Å². The van der Waals surface area contributed by atoms with Crippen molar-refractivity contribution in [2.45, 2.75) is 52.0 Å². The zero-order valence-electron chi connectivity index (χ0n) is 22.7. The Morgan fingerprint density at radius 1 is 0.973 bits per heavy atom. The molecule has 0 aromatic heterocycles. The third-order valence-electron chi connectivity index (χ3n) is 7.49. The number of rotatable bonds is 11. The van der Waals surface area contributed by atoms with E-state index in [1.165, 1.54) is 40.6 Å². The summed E-state index contributed by atoms with van der Waals surface area (Å²) in [6.07, 6.45) is 4.02. The normalized spacial score (nSPS) is 14.6. The van der Waals surface area contributed by atoms with Crippen LogP contribution in [0.15, 0.2) is 60.7 Å². The summed E-state index contributed by atoms with van der Waals surface area (Å²) >= 11 is 0. The predicted octanol–water partition coefficient (Wildman–Crippen LogP) is 5.93. The van der Waals surface area contributed by atoms with Crippen molar-refractivity contribution in [3.63, 3.8) is 0 Å². The predicted molar refractivity (Wildman–Crippen MR) is 151 cm³/mol. The first-order chi connectivity index (χ1) is 18.1. The molecule has 0 saturated heterocycles. The van der Waals surface area contributed by atoms with Crippen molar-refractivity contribution >= 4 is 11.7 Å². The minimum absolute atomic E-state index is 0.272. The Hall–Kier alpha value is -3.31. The van der Waals surface area contributed by atoms with Crippen molar-refractivity contribution in [2.75, 3.05) is 38.8 Å². The maximum absolute atomic E-state index is 12.0. The van der Waals surface area contributed by atoms with E-state index in [1.807, 2.05) is 12.1 Å². The van der Waals surface area contributed by atoms with E-state index in [1.54, 1.807) is 7.11 Å². The highest BCUT2D eigenvalue weighted by molar-refractivity contribution is 5.89. The molecule has 0 unspecified atom stereocenters. The first-order valence-corrected chi connectivity index (χ1v) is 13.5. The third-order valence-corrected chi connectivity index (χ3v) is 7.49. The first-order valence-electron chi connectivity index (χ1n) is 13.5. The van der Waals surface area contributed by atoms with E-state index < -0.39 is 0 Å². The molecule has 0 saturated carbocycles. The summed E-state index contributed by atoms with van der Waals surface area (Å²) in [6, 6.07) is 21.6. The van der Waals surface area contributed by atoms with E-state index in [2.05, 4.69) is 72.6 Å². The third kappa shape index (κ3) is 6.53. The van der Waals surface area contributed by atoms with Crippen LogP contribution in [0.1, 0.15) is 64.4 Å². The number of nitrogens with one attached hydrogen (secondary N) is 1. The average molecular weight is 501 g/mol. The monoisotopic (exact) mass is 500 g/mol. The molecule has 3 aromatic carbocycles. The molecule has 0 aliphatic heterocycles. The van der Waals surface area contributed by atoms with Gasteiger partial charge in [-0.05, 0) is 97.6 Å². The number of carbonyl (C=O) groups excluding carboxylic acids is 1. The molecule has 1 aliphatic carbocycles. The molecule has 0 fully saturated rings. The quantitative estimate of drug-likeness (QED) is 0.261. The summed E-state index contributed by atoms with van der Waals surface area (Å²) in [5.41, 5.74) is 8.51. The van der Waals surface area contributed by atoms with Crippen molar-refractivity contribution in [2.24, 2.45) is 0 Å². The van der Waals surface area contributed by atoms with Crippen LogP contribution in [0.2, 0.25) is 0 Å². The summed E-state index contributed by atoms with van der Waals surface area (Å²) in [6.45, 7) is 8.15. The molecule has 196 valence electrons. The Kier molecular flexibility index (Phi) is 9.24. The Balaban J connectivity index is 1.56. The maximum Gasteiger partial charge on any atom is 0.337 e. The minimum Gasteiger partial charge on any atom is -0.497 e. The van der Waals surface area contributed by atoms with Gasteiger partial charge in [0.15, 0.2) is 0 Å². The number of benzene rings is 3. The number of methoxy groups -OCH3 is 2. The Bertz CT molecular complexity index is 1190. The van der Waals surface area contributed by atoms with Gasteiger partial charge in [0.2, 0.25) is 0 Å². The molecule has 0 heterocycles. The highest BCUT2D eigenvalue weighted by atomic mass is 16.5. The van der Waals surface area contributed by atoms with Crippen LogP contribution in [-0.4, -0.2) is 39.8 Å². The number of carbonyl (C=O) groups is 1. The van der Waals surface area contributed by atoms with Crippen molar-refractivity contribution in [1.82, 2.24) is 5.32 Å². The van der Waals surface area contributed by atoms with Crippen LogP contribution >= 0.6 is 0 Å². The SMILES string of the molecule is CCNCCc1ccc(CN(CC)c2cc(OC)ccc2[C@@H]2CCc3cc(C(=O)OC)ccc3C2)cc1. The summed E-state index contributed by atoms with van der Waals surface area (Å²) < 4.78 is 10.5. The lowest BCUT2D eigenvalue weighted by Gasteiger charge is -2.32. The summed E-state index contributed by atoms with van der Waals surface area (Å²) in [5.74, 6) is 1.03. The van der Waals surface area contributed by atoms with Crippen LogP contribution in [0.25, 0.3) is 0 Å². The lowest BCUT2D eigenvalue weighted by atomic mass is 9.79. The molecule has 4 rings (SSSR count). The molecule has 1 aliphatic rings. The first kappa shape index (κ1) is 26.7. The van der Waals surface area contributed by atoms with Crippen LogP contribution in [0, 0.1) is 0 Å². The summed E-state index contributed by atoms with van der Waals surface area (Å²) in [4.78, 5) is 14.4. The van der Waals surface area contributed by atoms with Gasteiger partial charge in [-0.3, -0.25) is 0 Å². The molecule has 5 nitrogen and oxygen atoms in total. The second kappa shape index (κ2) is 12.8. The van der Waals surface area contributed by atoms with Crippen LogP contribution in [0.5, 0.6) is 5.75 Å². The van der Waals surface area contributed by atoms with Crippen LogP contribution in [-0.2, 0) is 30.5 Å². The molecule has 3 aromatic rings. The molecule has 5 heteroatoms. The zero-order chi connectivity index (χ0) is 26.2. The van der Waals surface area contributed by atoms with Gasteiger partial charge in [-0.2, -0.15) is 0 Å². The van der Waals surface area contributed by atoms with E-state index in [9.17, 15) is 4.79 Å². The van der Waals surface area contributed by atoms with Crippen molar-refractivity contribution < 1.29 is 14.3 Å². The van der Waals surface area contributed by atoms with Gasteiger partial charge >= 0.3 is 5.97 Å². The number of ether oxygens (including phenoxy) is 2. The molecule has 1 atom stereocenters. The molecule has 0 bridgehead atoms. The van der Waals surface area contributed by atoms with Gasteiger partial charge in [0, 0.05) is 24.8 Å². The van der Waals surface area contributed by atoms with E-state index in [0.29, 0.717) is 11.5 Å². The van der Waals surface area contributed by atoms with E-state index in [0.717, 1.165) is 57.6 Å². The molecular formula is C32H40N2O3. The number of anilines is 1. The number of hydrogen-bond donors (Lipinski definition) is 1. The van der Waals surface area contributed by atoms with Gasteiger partial charge in [0.05, 0.1) is 19.8 Å². The summed E-state index contributed by atoms with van der Waals surface area (Å²) in [7, 11) is 3.17. The van der Waals surface area contributed by atoms with E-state index in [4.69, 9.17) is 9.47 Å². The van der Waals surface area contributed by atoms with Gasteiger partial charge in [-0.15, -0.1) is 0 Å². The van der Waals surface area contributed by atoms with Crippen LogP contribution in [0.4, 0.5) is 5.69 Å². The van der Waals surface area contributed by atoms with E-state index >= 15 is 0 Å². The van der Waals surface area contributed by atoms with Crippen molar-refractivity contribution in [3.8, 4) is 5.75 Å². The second-order valence-electron chi connectivity index (χ2n) is 9.77. The molecule has 0 spiro atoms. The standard InChI is InChI=1S/C32H40N2O3/c1-5-33-18-17-23-7-9-24(10-8-23)22-34(6-2)31-21-29(36-3)15-16-30(31)27-13-11-26-20-28(32(35)37-4)14-12-25(26)19-27/h7-10,12,14-16,20-21,27,33H,5-6,11,13,17-19,22H2,1-4H3/t27-/m1/s1. The lowest BCUT2D eigenvalue weighted by molar-refractivity contribution is 0.0600. The van der Waals surface area contributed by atoms with Gasteiger partial charge in [0.25, 0.3) is 0 Å². The number of likely N-dealkylation sites (N-methyl/N-ethyl adjacent to an activating group) is 1. The Morgan fingerprint density at radius 3 is 2.46 bits per heavy atom. The Morgan fingerprint density at radius 2 is 1.76 bits per heavy atom. The van der Waals surface area contributed by atoms with Crippen molar-refractivity contribution in [3.05, 3.63) is 94.0 Å². The van der Waals surface area contributed by atoms with Crippen molar-refractivity contribution in [1.29, 1.82) is 0 Å². The number of esters is 1. The number of hydrogen-bond acceptors (Lipinski definition) is 5. The highest BCUT2D eigenvalue weighted by Gasteiger charge is 2.25. The fourth-order valence-electron chi connectivity index (χ4n) is 5.34. The van der Waals surface area contributed by atoms with Gasteiger partial charge in [-0.1, -0.05) is 43.3 Å². The molecule has 0 radical (unpaired) electrons. The number of nitrogens with zero attached hydrogens (tertiary/aromatic N) is 1. The minimum atomic E-state index is -0.272. The fourth-order valence-corrected chi connectivity index (χ4v) is 5.34. The zero-order valence-corrected chi connectivity index (χ0v) is 22.7. The summed E-state index contributed by atoms with van der Waals surface area (Å²) in [5, 5.41) is 3.40.